The van der Waals surface area contributed by atoms with Gasteiger partial charge in [-0.15, -0.1) is 0 Å². The van der Waals surface area contributed by atoms with Gasteiger partial charge in [0.15, 0.2) is 0 Å². The predicted octanol–water partition coefficient (Wildman–Crippen LogP) is -0.437. The van der Waals surface area contributed by atoms with E-state index in [2.05, 4.69) is 27.4 Å². The van der Waals surface area contributed by atoms with E-state index in [-0.39, 0.29) is 0 Å². The first-order chi connectivity index (χ1) is 5.33. The minimum atomic E-state index is 0.471. The van der Waals surface area contributed by atoms with Gasteiger partial charge in [0.05, 0.1) is 6.54 Å². The molecule has 4 heteroatoms. The Hall–Kier alpha value is -1.47. The SMILES string of the molecule is CNCC#Cc1cc(N)n[nH]1. The molecule has 0 fully saturated rings. The molecule has 0 aliphatic heterocycles. The molecule has 0 radical (unpaired) electrons. The van der Waals surface area contributed by atoms with Crippen LogP contribution in [0.15, 0.2) is 6.07 Å². The number of aromatic amines is 1. The monoisotopic (exact) mass is 150 g/mol. The fourth-order valence-electron chi connectivity index (χ4n) is 0.629. The molecule has 0 atom stereocenters. The lowest BCUT2D eigenvalue weighted by Crippen LogP contribution is -2.04. The van der Waals surface area contributed by atoms with Crippen LogP contribution in [0.2, 0.25) is 0 Å². The minimum Gasteiger partial charge on any atom is -0.382 e. The largest absolute Gasteiger partial charge is 0.382 e. The summed E-state index contributed by atoms with van der Waals surface area (Å²) < 4.78 is 0. The van der Waals surface area contributed by atoms with Crippen molar-refractivity contribution in [2.75, 3.05) is 19.3 Å². The third-order valence-electron chi connectivity index (χ3n) is 1.09. The second kappa shape index (κ2) is 3.64. The van der Waals surface area contributed by atoms with Crippen LogP contribution in [-0.4, -0.2) is 23.8 Å². The Morgan fingerprint density at radius 3 is 3.18 bits per heavy atom. The van der Waals surface area contributed by atoms with E-state index in [9.17, 15) is 0 Å². The van der Waals surface area contributed by atoms with Gasteiger partial charge in [-0.3, -0.25) is 5.10 Å². The second-order valence-corrected chi connectivity index (χ2v) is 2.04. The highest BCUT2D eigenvalue weighted by molar-refractivity contribution is 5.37. The van der Waals surface area contributed by atoms with Crippen LogP contribution in [0.3, 0.4) is 0 Å². The van der Waals surface area contributed by atoms with Crippen LogP contribution >= 0.6 is 0 Å². The van der Waals surface area contributed by atoms with Crippen molar-refractivity contribution in [1.82, 2.24) is 15.5 Å². The maximum Gasteiger partial charge on any atom is 0.146 e. The molecular weight excluding hydrogens is 140 g/mol. The molecule has 4 N–H and O–H groups in total. The second-order valence-electron chi connectivity index (χ2n) is 2.04. The molecule has 0 saturated carbocycles. The first kappa shape index (κ1) is 7.63. The van der Waals surface area contributed by atoms with Crippen molar-refractivity contribution >= 4 is 5.82 Å². The summed E-state index contributed by atoms with van der Waals surface area (Å²) in [5.41, 5.74) is 6.10. The molecule has 0 saturated heterocycles. The van der Waals surface area contributed by atoms with E-state index in [0.717, 1.165) is 5.69 Å². The van der Waals surface area contributed by atoms with E-state index in [1.807, 2.05) is 7.05 Å². The van der Waals surface area contributed by atoms with E-state index in [4.69, 9.17) is 5.73 Å². The zero-order valence-electron chi connectivity index (χ0n) is 6.31. The third-order valence-corrected chi connectivity index (χ3v) is 1.09. The summed E-state index contributed by atoms with van der Waals surface area (Å²) in [5.74, 6) is 6.20. The summed E-state index contributed by atoms with van der Waals surface area (Å²) in [5, 5.41) is 9.32. The molecular formula is C7H10N4. The molecule has 0 unspecified atom stereocenters. The van der Waals surface area contributed by atoms with Gasteiger partial charge in [0.1, 0.15) is 11.5 Å². The third kappa shape index (κ3) is 2.32. The number of hydrogen-bond acceptors (Lipinski definition) is 3. The molecule has 4 nitrogen and oxygen atoms in total. The van der Waals surface area contributed by atoms with Gasteiger partial charge in [0.25, 0.3) is 0 Å². The summed E-state index contributed by atoms with van der Waals surface area (Å²) in [6.45, 7) is 0.666. The number of nitrogens with one attached hydrogen (secondary N) is 2. The van der Waals surface area contributed by atoms with Crippen LogP contribution in [0.4, 0.5) is 5.82 Å². The molecule has 1 heterocycles. The highest BCUT2D eigenvalue weighted by Gasteiger charge is 1.89. The average Bonchev–Trinajstić information content (AvgIpc) is 2.37. The Balaban J connectivity index is 2.59. The van der Waals surface area contributed by atoms with Gasteiger partial charge in [-0.2, -0.15) is 5.10 Å². The topological polar surface area (TPSA) is 66.7 Å². The van der Waals surface area contributed by atoms with Crippen molar-refractivity contribution in [3.63, 3.8) is 0 Å². The Morgan fingerprint density at radius 1 is 1.82 bits per heavy atom. The van der Waals surface area contributed by atoms with Crippen LogP contribution in [0.1, 0.15) is 5.69 Å². The highest BCUT2D eigenvalue weighted by Crippen LogP contribution is 1.96. The lowest BCUT2D eigenvalue weighted by Gasteiger charge is -1.81. The molecule has 0 aliphatic carbocycles. The number of H-pyrrole nitrogens is 1. The van der Waals surface area contributed by atoms with E-state index in [1.54, 1.807) is 6.07 Å². The average molecular weight is 150 g/mol. The molecule has 0 amide bonds. The molecule has 58 valence electrons. The summed E-state index contributed by atoms with van der Waals surface area (Å²) in [6.07, 6.45) is 0. The van der Waals surface area contributed by atoms with Crippen LogP contribution in [0.5, 0.6) is 0 Å². The number of anilines is 1. The Bertz CT molecular complexity index is 278. The van der Waals surface area contributed by atoms with Gasteiger partial charge in [-0.1, -0.05) is 5.92 Å². The predicted molar refractivity (Wildman–Crippen MR) is 43.8 cm³/mol. The van der Waals surface area contributed by atoms with Crippen LogP contribution in [0.25, 0.3) is 0 Å². The standard InChI is InChI=1S/C7H10N4/c1-9-4-2-3-6-5-7(8)11-10-6/h5,9H,4H2,1H3,(H3,8,10,11). The van der Waals surface area contributed by atoms with Crippen molar-refractivity contribution in [3.8, 4) is 11.8 Å². The van der Waals surface area contributed by atoms with Gasteiger partial charge in [0.2, 0.25) is 0 Å². The maximum absolute atomic E-state index is 5.36. The first-order valence-electron chi connectivity index (χ1n) is 3.27. The first-order valence-corrected chi connectivity index (χ1v) is 3.27. The number of hydrogen-bond donors (Lipinski definition) is 3. The van der Waals surface area contributed by atoms with E-state index < -0.39 is 0 Å². The normalized spacial score (nSPS) is 8.82. The quantitative estimate of drug-likeness (QED) is 0.475. The maximum atomic E-state index is 5.36. The van der Waals surface area contributed by atoms with Crippen molar-refractivity contribution < 1.29 is 0 Å². The molecule has 0 aliphatic rings. The van der Waals surface area contributed by atoms with E-state index in [1.165, 1.54) is 0 Å². The molecule has 11 heavy (non-hydrogen) atoms. The molecule has 1 aromatic rings. The van der Waals surface area contributed by atoms with Crippen molar-refractivity contribution in [2.24, 2.45) is 0 Å². The van der Waals surface area contributed by atoms with Crippen LogP contribution in [-0.2, 0) is 0 Å². The number of nitrogens with two attached hydrogens (primary N) is 1. The highest BCUT2D eigenvalue weighted by atomic mass is 15.1. The molecule has 0 spiro atoms. The van der Waals surface area contributed by atoms with Gasteiger partial charge in [-0.05, 0) is 13.0 Å². The zero-order chi connectivity index (χ0) is 8.10. The Kier molecular flexibility index (Phi) is 2.53. The fraction of sp³-hybridized carbons (Fsp3) is 0.286. The smallest absolute Gasteiger partial charge is 0.146 e. The number of aromatic nitrogens is 2. The fourth-order valence-corrected chi connectivity index (χ4v) is 0.629. The lowest BCUT2D eigenvalue weighted by molar-refractivity contribution is 0.937. The van der Waals surface area contributed by atoms with Gasteiger partial charge in [-0.25, -0.2) is 0 Å². The van der Waals surface area contributed by atoms with Gasteiger partial charge >= 0.3 is 0 Å². The van der Waals surface area contributed by atoms with Crippen molar-refractivity contribution in [1.29, 1.82) is 0 Å². The molecule has 0 bridgehead atoms. The molecule has 1 rings (SSSR count). The lowest BCUT2D eigenvalue weighted by atomic mass is 10.4. The van der Waals surface area contributed by atoms with Crippen molar-refractivity contribution in [3.05, 3.63) is 11.8 Å². The van der Waals surface area contributed by atoms with Crippen LogP contribution in [0, 0.1) is 11.8 Å². The number of nitrogens with zero attached hydrogens (tertiary/aromatic N) is 1. The van der Waals surface area contributed by atoms with E-state index >= 15 is 0 Å². The molecule has 1 aromatic heterocycles. The van der Waals surface area contributed by atoms with Crippen LogP contribution < -0.4 is 11.1 Å². The Labute approximate surface area is 65.2 Å². The zero-order valence-corrected chi connectivity index (χ0v) is 6.31. The van der Waals surface area contributed by atoms with Gasteiger partial charge < -0.3 is 11.1 Å². The summed E-state index contributed by atoms with van der Waals surface area (Å²) in [7, 11) is 1.84. The summed E-state index contributed by atoms with van der Waals surface area (Å²) >= 11 is 0. The Morgan fingerprint density at radius 2 is 2.64 bits per heavy atom. The van der Waals surface area contributed by atoms with Crippen molar-refractivity contribution in [2.45, 2.75) is 0 Å². The number of rotatable bonds is 1. The summed E-state index contributed by atoms with van der Waals surface area (Å²) in [4.78, 5) is 0. The van der Waals surface area contributed by atoms with E-state index in [0.29, 0.717) is 12.4 Å². The van der Waals surface area contributed by atoms with Gasteiger partial charge in [0, 0.05) is 6.07 Å². The minimum absolute atomic E-state index is 0.471. The summed E-state index contributed by atoms with van der Waals surface area (Å²) in [6, 6.07) is 1.70. The number of nitrogen functional groups attached to an aromatic ring is 1. The molecule has 0 aromatic carbocycles.